The van der Waals surface area contributed by atoms with E-state index in [-0.39, 0.29) is 12.2 Å². The predicted molar refractivity (Wildman–Crippen MR) is 88.5 cm³/mol. The molecule has 1 aromatic carbocycles. The number of carboxylic acids is 1. The van der Waals surface area contributed by atoms with E-state index in [1.54, 1.807) is 17.7 Å². The zero-order chi connectivity index (χ0) is 16.6. The minimum Gasteiger partial charge on any atom is -0.481 e. The van der Waals surface area contributed by atoms with Crippen LogP contribution in [0, 0.1) is 20.8 Å². The van der Waals surface area contributed by atoms with Gasteiger partial charge in [0.05, 0.1) is 12.1 Å². The first-order valence-electron chi connectivity index (χ1n) is 6.90. The van der Waals surface area contributed by atoms with Crippen molar-refractivity contribution in [3.8, 4) is 0 Å². The lowest BCUT2D eigenvalue weighted by Gasteiger charge is -2.11. The molecule has 0 saturated heterocycles. The average Bonchev–Trinajstić information content (AvgIpc) is 2.65. The zero-order valence-corrected chi connectivity index (χ0v) is 14.6. The van der Waals surface area contributed by atoms with E-state index in [0.717, 1.165) is 16.7 Å². The summed E-state index contributed by atoms with van der Waals surface area (Å²) in [5.41, 5.74) is 4.72. The molecule has 0 aliphatic carbocycles. The predicted octanol–water partition coefficient (Wildman–Crippen LogP) is 3.57. The normalized spacial score (nSPS) is 10.8. The van der Waals surface area contributed by atoms with Crippen molar-refractivity contribution in [2.75, 3.05) is 0 Å². The van der Waals surface area contributed by atoms with E-state index < -0.39 is 5.97 Å². The summed E-state index contributed by atoms with van der Waals surface area (Å²) in [5.74, 6) is -1.02. The number of aryl methyl sites for hydroxylation is 3. The van der Waals surface area contributed by atoms with E-state index in [1.807, 2.05) is 32.9 Å². The molecule has 0 aliphatic heterocycles. The van der Waals surface area contributed by atoms with Gasteiger partial charge in [-0.25, -0.2) is 0 Å². The maximum Gasteiger partial charge on any atom is 0.309 e. The van der Waals surface area contributed by atoms with E-state index in [4.69, 9.17) is 5.11 Å². The fourth-order valence-electron chi connectivity index (χ4n) is 2.84. The van der Waals surface area contributed by atoms with Gasteiger partial charge in [0.2, 0.25) is 5.78 Å². The molecule has 0 saturated carbocycles. The number of carboxylic acid groups (broad SMARTS) is 1. The van der Waals surface area contributed by atoms with Gasteiger partial charge in [-0.1, -0.05) is 17.7 Å². The van der Waals surface area contributed by atoms with Crippen LogP contribution in [0.1, 0.15) is 38.4 Å². The number of halogens is 1. The monoisotopic (exact) mass is 363 g/mol. The molecule has 0 bridgehead atoms. The molecule has 0 atom stereocenters. The second-order valence-corrected chi connectivity index (χ2v) is 6.41. The molecule has 2 rings (SSSR count). The lowest BCUT2D eigenvalue weighted by Crippen LogP contribution is -2.13. The Morgan fingerprint density at radius 1 is 1.14 bits per heavy atom. The smallest absolute Gasteiger partial charge is 0.309 e. The van der Waals surface area contributed by atoms with Crippen molar-refractivity contribution in [1.29, 1.82) is 0 Å². The molecule has 2 aromatic rings. The Morgan fingerprint density at radius 3 is 2.18 bits per heavy atom. The van der Waals surface area contributed by atoms with Crippen molar-refractivity contribution in [3.63, 3.8) is 0 Å². The fourth-order valence-corrected chi connectivity index (χ4v) is 3.46. The summed E-state index contributed by atoms with van der Waals surface area (Å²) >= 11 is 3.35. The Morgan fingerprint density at radius 2 is 1.68 bits per heavy atom. The molecule has 1 aromatic heterocycles. The second kappa shape index (κ2) is 6.08. The van der Waals surface area contributed by atoms with Gasteiger partial charge in [-0.3, -0.25) is 9.59 Å². The molecular weight excluding hydrogens is 346 g/mol. The fraction of sp³-hybridized carbons (Fsp3) is 0.294. The summed E-state index contributed by atoms with van der Waals surface area (Å²) in [4.78, 5) is 23.8. The third-order valence-electron chi connectivity index (χ3n) is 3.76. The van der Waals surface area contributed by atoms with E-state index >= 15 is 0 Å². The number of nitrogens with zero attached hydrogens (tertiary/aromatic N) is 1. The molecule has 22 heavy (non-hydrogen) atoms. The van der Waals surface area contributed by atoms with Crippen LogP contribution in [0.3, 0.4) is 0 Å². The Kier molecular flexibility index (Phi) is 4.56. The van der Waals surface area contributed by atoms with Crippen LogP contribution in [0.4, 0.5) is 0 Å². The zero-order valence-electron chi connectivity index (χ0n) is 13.0. The largest absolute Gasteiger partial charge is 0.481 e. The number of hydrogen-bond donors (Lipinski definition) is 1. The first-order chi connectivity index (χ1) is 10.2. The van der Waals surface area contributed by atoms with E-state index in [1.165, 1.54) is 0 Å². The summed E-state index contributed by atoms with van der Waals surface area (Å²) in [6.07, 6.45) is -0.129. The van der Waals surface area contributed by atoms with Gasteiger partial charge in [-0.05, 0) is 53.9 Å². The summed E-state index contributed by atoms with van der Waals surface area (Å²) in [5, 5.41) is 8.98. The van der Waals surface area contributed by atoms with E-state index in [9.17, 15) is 9.59 Å². The molecule has 4 nitrogen and oxygen atoms in total. The second-order valence-electron chi connectivity index (χ2n) is 5.56. The number of carbonyl (C=O) groups is 2. The van der Waals surface area contributed by atoms with Crippen LogP contribution in [0.2, 0.25) is 0 Å². The van der Waals surface area contributed by atoms with Crippen LogP contribution in [-0.4, -0.2) is 21.4 Å². The van der Waals surface area contributed by atoms with Gasteiger partial charge in [-0.15, -0.1) is 0 Å². The van der Waals surface area contributed by atoms with Gasteiger partial charge >= 0.3 is 5.97 Å². The molecule has 0 unspecified atom stereocenters. The average molecular weight is 364 g/mol. The summed E-state index contributed by atoms with van der Waals surface area (Å²) in [7, 11) is 1.72. The molecule has 0 fully saturated rings. The van der Waals surface area contributed by atoms with Crippen molar-refractivity contribution in [2.45, 2.75) is 27.2 Å². The highest BCUT2D eigenvalue weighted by Gasteiger charge is 2.22. The lowest BCUT2D eigenvalue weighted by atomic mass is 9.95. The van der Waals surface area contributed by atoms with Crippen molar-refractivity contribution < 1.29 is 14.7 Å². The maximum atomic E-state index is 12.9. The molecule has 1 heterocycles. The molecule has 1 N–H and O–H groups in total. The first kappa shape index (κ1) is 16.5. The Balaban J connectivity index is 2.54. The minimum atomic E-state index is -0.927. The van der Waals surface area contributed by atoms with Gasteiger partial charge in [0.15, 0.2) is 0 Å². The molecule has 5 heteroatoms. The number of hydrogen-bond acceptors (Lipinski definition) is 2. The minimum absolute atomic E-state index is 0.0881. The molecule has 116 valence electrons. The Bertz CT molecular complexity index is 751. The standard InChI is InChI=1S/C17H18BrNO3/c1-9-5-10(2)16(11(3)6-9)17(22)14-7-12(18)13(19(14)4)8-15(20)21/h5-7H,8H2,1-4H3,(H,20,21). The van der Waals surface area contributed by atoms with Gasteiger partial charge in [-0.2, -0.15) is 0 Å². The molecular formula is C17H18BrNO3. The van der Waals surface area contributed by atoms with Crippen molar-refractivity contribution in [1.82, 2.24) is 4.57 Å². The highest BCUT2D eigenvalue weighted by Crippen LogP contribution is 2.26. The van der Waals surface area contributed by atoms with Crippen LogP contribution in [0.5, 0.6) is 0 Å². The van der Waals surface area contributed by atoms with Crippen molar-refractivity contribution in [3.05, 3.63) is 56.3 Å². The lowest BCUT2D eigenvalue weighted by molar-refractivity contribution is -0.136. The number of ketones is 1. The highest BCUT2D eigenvalue weighted by molar-refractivity contribution is 9.10. The molecule has 0 radical (unpaired) electrons. The van der Waals surface area contributed by atoms with Crippen molar-refractivity contribution >= 4 is 27.7 Å². The van der Waals surface area contributed by atoms with E-state index in [0.29, 0.717) is 21.4 Å². The van der Waals surface area contributed by atoms with Crippen LogP contribution in [0.25, 0.3) is 0 Å². The van der Waals surface area contributed by atoms with Gasteiger partial charge in [0.1, 0.15) is 0 Å². The van der Waals surface area contributed by atoms with E-state index in [2.05, 4.69) is 15.9 Å². The number of rotatable bonds is 4. The Hall–Kier alpha value is -1.88. The van der Waals surface area contributed by atoms with Crippen LogP contribution in [0.15, 0.2) is 22.7 Å². The van der Waals surface area contributed by atoms with Crippen LogP contribution >= 0.6 is 15.9 Å². The topological polar surface area (TPSA) is 59.3 Å². The number of aliphatic carboxylic acids is 1. The number of carbonyl (C=O) groups excluding carboxylic acids is 1. The SMILES string of the molecule is Cc1cc(C)c(C(=O)c2cc(Br)c(CC(=O)O)n2C)c(C)c1. The van der Waals surface area contributed by atoms with Gasteiger partial charge < -0.3 is 9.67 Å². The number of aromatic nitrogens is 1. The third-order valence-corrected chi connectivity index (χ3v) is 4.45. The van der Waals surface area contributed by atoms with Crippen LogP contribution < -0.4 is 0 Å². The molecule has 0 aliphatic rings. The highest BCUT2D eigenvalue weighted by atomic mass is 79.9. The molecule has 0 spiro atoms. The molecule has 0 amide bonds. The third kappa shape index (κ3) is 2.99. The Labute approximate surface area is 137 Å². The summed E-state index contributed by atoms with van der Waals surface area (Å²) < 4.78 is 2.29. The van der Waals surface area contributed by atoms with Gasteiger partial charge in [0, 0.05) is 22.8 Å². The summed E-state index contributed by atoms with van der Waals surface area (Å²) in [6, 6.07) is 5.66. The summed E-state index contributed by atoms with van der Waals surface area (Å²) in [6.45, 7) is 5.84. The quantitative estimate of drug-likeness (QED) is 0.844. The van der Waals surface area contributed by atoms with Crippen molar-refractivity contribution in [2.24, 2.45) is 7.05 Å². The van der Waals surface area contributed by atoms with Gasteiger partial charge in [0.25, 0.3) is 0 Å². The first-order valence-corrected chi connectivity index (χ1v) is 7.70. The maximum absolute atomic E-state index is 12.9. The number of benzene rings is 1. The van der Waals surface area contributed by atoms with Crippen LogP contribution in [-0.2, 0) is 18.3 Å².